The van der Waals surface area contributed by atoms with Gasteiger partial charge < -0.3 is 14.6 Å². The second kappa shape index (κ2) is 11.6. The molecule has 1 unspecified atom stereocenters. The number of nitrogens with one attached hydrogen (secondary N) is 1. The van der Waals surface area contributed by atoms with Gasteiger partial charge in [0.1, 0.15) is 5.75 Å². The maximum atomic E-state index is 13.2. The van der Waals surface area contributed by atoms with Gasteiger partial charge >= 0.3 is 0 Å². The van der Waals surface area contributed by atoms with Crippen molar-refractivity contribution in [2.75, 3.05) is 25.0 Å². The number of benzene rings is 2. The van der Waals surface area contributed by atoms with E-state index in [-0.39, 0.29) is 28.3 Å². The van der Waals surface area contributed by atoms with Crippen LogP contribution >= 0.6 is 11.6 Å². The summed E-state index contributed by atoms with van der Waals surface area (Å²) < 4.78 is 38.5. The second-order valence-electron chi connectivity index (χ2n) is 9.29. The number of aromatic nitrogens is 2. The fourth-order valence-electron chi connectivity index (χ4n) is 4.14. The van der Waals surface area contributed by atoms with Gasteiger partial charge in [0.15, 0.2) is 5.82 Å². The Morgan fingerprint density at radius 3 is 2.65 bits per heavy atom. The summed E-state index contributed by atoms with van der Waals surface area (Å²) in [6, 6.07) is 11.9. The smallest absolute Gasteiger partial charge is 0.243 e. The molecule has 0 bridgehead atoms. The molecule has 0 spiro atoms. The third kappa shape index (κ3) is 6.49. The molecule has 37 heavy (non-hydrogen) atoms. The van der Waals surface area contributed by atoms with E-state index in [1.807, 2.05) is 45.0 Å². The van der Waals surface area contributed by atoms with Crippen molar-refractivity contribution in [2.45, 2.75) is 50.8 Å². The van der Waals surface area contributed by atoms with Crippen molar-refractivity contribution in [2.24, 2.45) is 5.92 Å². The molecule has 2 heterocycles. The number of ether oxygens (including phenoxy) is 1. The van der Waals surface area contributed by atoms with Crippen LogP contribution in [0, 0.1) is 5.92 Å². The van der Waals surface area contributed by atoms with E-state index in [4.69, 9.17) is 20.9 Å². The van der Waals surface area contributed by atoms with Gasteiger partial charge in [0.05, 0.1) is 22.4 Å². The standard InChI is InChI=1S/C26H31ClN4O5S/c1-4-35-23-12-11-21(15-22(23)27)37(33,34)31-13-5-6-19(16-31)25(32)28-20-9-7-18(8-10-20)14-24-29-26(17(2)3)36-30-24/h7-12,15,17,19H,4-6,13-14,16H2,1-3H3,(H,28,32). The molecule has 1 aliphatic rings. The topological polar surface area (TPSA) is 115 Å². The molecule has 1 amide bonds. The fourth-order valence-corrected chi connectivity index (χ4v) is 6.00. The Morgan fingerprint density at radius 2 is 2.00 bits per heavy atom. The van der Waals surface area contributed by atoms with Crippen LogP contribution < -0.4 is 10.1 Å². The van der Waals surface area contributed by atoms with E-state index in [9.17, 15) is 13.2 Å². The second-order valence-corrected chi connectivity index (χ2v) is 11.6. The average molecular weight is 547 g/mol. The van der Waals surface area contributed by atoms with E-state index in [1.54, 1.807) is 6.07 Å². The lowest BCUT2D eigenvalue weighted by Crippen LogP contribution is -2.43. The minimum atomic E-state index is -3.80. The molecule has 198 valence electrons. The number of halogens is 1. The predicted octanol–water partition coefficient (Wildman–Crippen LogP) is 4.88. The lowest BCUT2D eigenvalue weighted by molar-refractivity contribution is -0.120. The van der Waals surface area contributed by atoms with E-state index >= 15 is 0 Å². The van der Waals surface area contributed by atoms with Crippen LogP contribution in [-0.4, -0.2) is 48.5 Å². The van der Waals surface area contributed by atoms with Gasteiger partial charge in [-0.1, -0.05) is 42.7 Å². The van der Waals surface area contributed by atoms with Crippen LogP contribution in [0.3, 0.4) is 0 Å². The molecule has 1 aliphatic heterocycles. The molecule has 2 aromatic carbocycles. The number of anilines is 1. The van der Waals surface area contributed by atoms with Crippen LogP contribution in [0.15, 0.2) is 51.9 Å². The van der Waals surface area contributed by atoms with Gasteiger partial charge in [-0.25, -0.2) is 8.42 Å². The molecule has 11 heteroatoms. The zero-order valence-corrected chi connectivity index (χ0v) is 22.7. The van der Waals surface area contributed by atoms with E-state index in [0.29, 0.717) is 55.6 Å². The zero-order valence-electron chi connectivity index (χ0n) is 21.1. The highest BCUT2D eigenvalue weighted by molar-refractivity contribution is 7.89. The van der Waals surface area contributed by atoms with Crippen LogP contribution in [-0.2, 0) is 21.2 Å². The van der Waals surface area contributed by atoms with Crippen molar-refractivity contribution in [3.05, 3.63) is 64.8 Å². The Hall–Kier alpha value is -2.95. The normalized spacial score (nSPS) is 16.6. The van der Waals surface area contributed by atoms with Crippen molar-refractivity contribution < 1.29 is 22.5 Å². The van der Waals surface area contributed by atoms with Crippen LogP contribution in [0.4, 0.5) is 5.69 Å². The van der Waals surface area contributed by atoms with Crippen molar-refractivity contribution in [3.8, 4) is 5.75 Å². The molecule has 9 nitrogen and oxygen atoms in total. The third-order valence-corrected chi connectivity index (χ3v) is 8.31. The number of rotatable bonds is 9. The van der Waals surface area contributed by atoms with E-state index in [2.05, 4.69) is 15.5 Å². The van der Waals surface area contributed by atoms with Crippen molar-refractivity contribution in [3.63, 3.8) is 0 Å². The maximum absolute atomic E-state index is 13.2. The highest BCUT2D eigenvalue weighted by atomic mass is 35.5. The molecule has 1 fully saturated rings. The summed E-state index contributed by atoms with van der Waals surface area (Å²) in [5.74, 6) is 1.14. The number of nitrogens with zero attached hydrogens (tertiary/aromatic N) is 3. The Kier molecular flexibility index (Phi) is 8.51. The van der Waals surface area contributed by atoms with E-state index < -0.39 is 15.9 Å². The molecule has 1 N–H and O–H groups in total. The first-order valence-corrected chi connectivity index (χ1v) is 14.1. The summed E-state index contributed by atoms with van der Waals surface area (Å²) in [6.45, 7) is 6.69. The summed E-state index contributed by atoms with van der Waals surface area (Å²) in [6.07, 6.45) is 1.72. The fraction of sp³-hybridized carbons (Fsp3) is 0.423. The largest absolute Gasteiger partial charge is 0.492 e. The minimum Gasteiger partial charge on any atom is -0.492 e. The maximum Gasteiger partial charge on any atom is 0.243 e. The predicted molar refractivity (Wildman–Crippen MR) is 140 cm³/mol. The van der Waals surface area contributed by atoms with Crippen molar-refractivity contribution in [1.29, 1.82) is 0 Å². The van der Waals surface area contributed by atoms with Crippen molar-refractivity contribution >= 4 is 33.2 Å². The van der Waals surface area contributed by atoms with Gasteiger partial charge in [0.2, 0.25) is 21.8 Å². The molecular weight excluding hydrogens is 516 g/mol. The number of hydrogen-bond acceptors (Lipinski definition) is 7. The number of carbonyl (C=O) groups is 1. The summed E-state index contributed by atoms with van der Waals surface area (Å²) in [7, 11) is -3.80. The number of piperidine rings is 1. The number of sulfonamides is 1. The van der Waals surface area contributed by atoms with Crippen LogP contribution in [0.25, 0.3) is 0 Å². The summed E-state index contributed by atoms with van der Waals surface area (Å²) in [5.41, 5.74) is 1.63. The number of amides is 1. The van der Waals surface area contributed by atoms with E-state index in [0.717, 1.165) is 5.56 Å². The van der Waals surface area contributed by atoms with Gasteiger partial charge in [0.25, 0.3) is 0 Å². The Bertz CT molecular complexity index is 1340. The molecule has 0 saturated carbocycles. The molecule has 4 rings (SSSR count). The minimum absolute atomic E-state index is 0.0831. The first-order chi connectivity index (χ1) is 17.7. The van der Waals surface area contributed by atoms with Crippen LogP contribution in [0.2, 0.25) is 5.02 Å². The molecule has 1 atom stereocenters. The zero-order chi connectivity index (χ0) is 26.6. The van der Waals surface area contributed by atoms with Crippen LogP contribution in [0.1, 0.15) is 56.8 Å². The Labute approximate surface area is 222 Å². The first kappa shape index (κ1) is 27.1. The average Bonchev–Trinajstić information content (AvgIpc) is 3.35. The highest BCUT2D eigenvalue weighted by Gasteiger charge is 2.33. The van der Waals surface area contributed by atoms with Gasteiger partial charge in [0, 0.05) is 31.1 Å². The van der Waals surface area contributed by atoms with Gasteiger partial charge in [-0.3, -0.25) is 4.79 Å². The van der Waals surface area contributed by atoms with E-state index in [1.165, 1.54) is 16.4 Å². The van der Waals surface area contributed by atoms with Gasteiger partial charge in [-0.05, 0) is 55.7 Å². The molecule has 0 aliphatic carbocycles. The summed E-state index contributed by atoms with van der Waals surface area (Å²) in [5, 5.41) is 7.16. The molecule has 0 radical (unpaired) electrons. The number of carbonyl (C=O) groups excluding carboxylic acids is 1. The Balaban J connectivity index is 1.37. The summed E-state index contributed by atoms with van der Waals surface area (Å²) in [4.78, 5) is 17.5. The lowest BCUT2D eigenvalue weighted by Gasteiger charge is -2.31. The van der Waals surface area contributed by atoms with Crippen molar-refractivity contribution in [1.82, 2.24) is 14.4 Å². The summed E-state index contributed by atoms with van der Waals surface area (Å²) >= 11 is 6.21. The highest BCUT2D eigenvalue weighted by Crippen LogP contribution is 2.31. The molecule has 1 aromatic heterocycles. The first-order valence-electron chi connectivity index (χ1n) is 12.3. The molecule has 3 aromatic rings. The Morgan fingerprint density at radius 1 is 1.24 bits per heavy atom. The SMILES string of the molecule is CCOc1ccc(S(=O)(=O)N2CCCC(C(=O)Nc3ccc(Cc4noc(C(C)C)n4)cc3)C2)cc1Cl. The van der Waals surface area contributed by atoms with Crippen LogP contribution in [0.5, 0.6) is 5.75 Å². The monoisotopic (exact) mass is 546 g/mol. The number of hydrogen-bond donors (Lipinski definition) is 1. The lowest BCUT2D eigenvalue weighted by atomic mass is 9.98. The van der Waals surface area contributed by atoms with Gasteiger partial charge in [-0.2, -0.15) is 9.29 Å². The molecular formula is C26H31ClN4O5S. The third-order valence-electron chi connectivity index (χ3n) is 6.16. The van der Waals surface area contributed by atoms with Gasteiger partial charge in [-0.15, -0.1) is 0 Å². The quantitative estimate of drug-likeness (QED) is 0.407. The molecule has 1 saturated heterocycles.